The van der Waals surface area contributed by atoms with Crippen molar-refractivity contribution in [2.24, 2.45) is 11.8 Å². The lowest BCUT2D eigenvalue weighted by Crippen LogP contribution is -2.72. The number of rotatable bonds is 8. The summed E-state index contributed by atoms with van der Waals surface area (Å²) >= 11 is 0. The second kappa shape index (κ2) is 9.53. The molecule has 2 fully saturated rings. The van der Waals surface area contributed by atoms with E-state index >= 15 is 0 Å². The van der Waals surface area contributed by atoms with E-state index in [1.54, 1.807) is 26.0 Å². The number of phenols is 2. The van der Waals surface area contributed by atoms with E-state index in [0.29, 0.717) is 23.9 Å². The number of phenolic OH excluding ortho intramolecular Hbond substituents is 2. The number of allylic oxidation sites excluding steroid dienone is 4. The fraction of sp³-hybridized carbons (Fsp3) is 0.485. The summed E-state index contributed by atoms with van der Waals surface area (Å²) in [6, 6.07) is 0. The maximum atomic E-state index is 14.5. The van der Waals surface area contributed by atoms with E-state index in [1.807, 2.05) is 33.8 Å². The van der Waals surface area contributed by atoms with Crippen LogP contribution >= 0.6 is 0 Å². The van der Waals surface area contributed by atoms with Crippen LogP contribution in [0.5, 0.6) is 17.2 Å². The van der Waals surface area contributed by atoms with Crippen molar-refractivity contribution in [2.45, 2.75) is 90.1 Å². The third-order valence-electron chi connectivity index (χ3n) is 9.27. The van der Waals surface area contributed by atoms with Crippen LogP contribution < -0.4 is 4.74 Å². The van der Waals surface area contributed by atoms with Crippen molar-refractivity contribution in [3.63, 3.8) is 0 Å². The van der Waals surface area contributed by atoms with Gasteiger partial charge in [0.2, 0.25) is 0 Å². The summed E-state index contributed by atoms with van der Waals surface area (Å²) in [5.74, 6) is -2.45. The van der Waals surface area contributed by atoms with E-state index in [0.717, 1.165) is 5.57 Å². The van der Waals surface area contributed by atoms with Crippen LogP contribution in [0.1, 0.15) is 75.9 Å². The maximum Gasteiger partial charge on any atom is 0.200 e. The van der Waals surface area contributed by atoms with Crippen LogP contribution in [0.3, 0.4) is 0 Å². The molecule has 3 N–H and O–H groups in total. The Morgan fingerprint density at radius 3 is 2.41 bits per heavy atom. The van der Waals surface area contributed by atoms with E-state index < -0.39 is 46.3 Å². The Morgan fingerprint density at radius 2 is 1.80 bits per heavy atom. The normalized spacial score (nSPS) is 29.7. The van der Waals surface area contributed by atoms with Crippen LogP contribution in [0.15, 0.2) is 47.1 Å². The maximum absolute atomic E-state index is 14.5. The molecule has 1 aromatic rings. The zero-order valence-electron chi connectivity index (χ0n) is 24.5. The van der Waals surface area contributed by atoms with Gasteiger partial charge in [0.15, 0.2) is 22.8 Å². The molecule has 0 aromatic heterocycles. The van der Waals surface area contributed by atoms with Crippen molar-refractivity contribution < 1.29 is 39.2 Å². The lowest BCUT2D eigenvalue weighted by molar-refractivity contribution is -0.171. The molecule has 5 aliphatic rings. The predicted octanol–water partition coefficient (Wildman–Crippen LogP) is 4.63. The third kappa shape index (κ3) is 3.91. The number of Topliss-reactive ketones (excluding diaryl/α,β-unsaturated/α-hetero) is 2. The van der Waals surface area contributed by atoms with Crippen LogP contribution in [-0.4, -0.2) is 56.1 Å². The van der Waals surface area contributed by atoms with Crippen molar-refractivity contribution in [3.8, 4) is 17.2 Å². The number of fused-ring (bicyclic) bond motifs is 1. The monoisotopic (exact) mass is 562 g/mol. The van der Waals surface area contributed by atoms with Gasteiger partial charge in [-0.25, -0.2) is 0 Å². The molecule has 1 aromatic carbocycles. The number of hydrogen-bond donors (Lipinski definition) is 3. The lowest BCUT2D eigenvalue weighted by atomic mass is 9.51. The number of aliphatic hydroxyl groups is 1. The fourth-order valence-corrected chi connectivity index (χ4v) is 7.17. The molecule has 3 aliphatic carbocycles. The second-order valence-electron chi connectivity index (χ2n) is 12.7. The zero-order valence-corrected chi connectivity index (χ0v) is 24.5. The Kier molecular flexibility index (Phi) is 6.74. The molecule has 2 aliphatic heterocycles. The van der Waals surface area contributed by atoms with Crippen LogP contribution in [0.25, 0.3) is 0 Å². The van der Waals surface area contributed by atoms with E-state index in [-0.39, 0.29) is 58.8 Å². The smallest absolute Gasteiger partial charge is 0.200 e. The molecule has 0 radical (unpaired) electrons. The Bertz CT molecular complexity index is 1490. The number of hydrogen-bond acceptors (Lipinski definition) is 8. The van der Waals surface area contributed by atoms with Gasteiger partial charge in [0.1, 0.15) is 29.1 Å². The largest absolute Gasteiger partial charge is 0.507 e. The Hall–Kier alpha value is -3.49. The van der Waals surface area contributed by atoms with Gasteiger partial charge in [0, 0.05) is 41.4 Å². The molecule has 1 spiro atoms. The second-order valence-corrected chi connectivity index (χ2v) is 12.7. The van der Waals surface area contributed by atoms with Crippen molar-refractivity contribution in [1.82, 2.24) is 0 Å². The summed E-state index contributed by atoms with van der Waals surface area (Å²) in [6.07, 6.45) is 5.26. The predicted molar refractivity (Wildman–Crippen MR) is 152 cm³/mol. The van der Waals surface area contributed by atoms with E-state index in [2.05, 4.69) is 6.58 Å². The van der Waals surface area contributed by atoms with Crippen molar-refractivity contribution >= 4 is 17.9 Å². The van der Waals surface area contributed by atoms with E-state index in [9.17, 15) is 29.7 Å². The highest BCUT2D eigenvalue weighted by molar-refractivity contribution is 6.18. The lowest BCUT2D eigenvalue weighted by Gasteiger charge is -2.56. The SMILES string of the molecule is C=C(C)C(O)Cc1c(O)c(CC=C(C)C)c2c(c1O)C(=O)C1=C[C@@H]3CC4C(C)(C)O[C@](C/C=C(\C)C=O)(C3=O)[C@]14O2. The first-order valence-electron chi connectivity index (χ1n) is 14.0. The van der Waals surface area contributed by atoms with Gasteiger partial charge in [-0.2, -0.15) is 0 Å². The van der Waals surface area contributed by atoms with E-state index in [1.165, 1.54) is 0 Å². The molecule has 8 heteroatoms. The zero-order chi connectivity index (χ0) is 30.2. The number of aliphatic hydroxyl groups excluding tert-OH is 1. The number of benzene rings is 1. The molecule has 41 heavy (non-hydrogen) atoms. The van der Waals surface area contributed by atoms with Crippen LogP contribution in [-0.2, 0) is 27.2 Å². The number of carbonyl (C=O) groups excluding carboxylic acids is 3. The molecule has 218 valence electrons. The highest BCUT2D eigenvalue weighted by Crippen LogP contribution is 2.68. The average molecular weight is 563 g/mol. The first-order valence-corrected chi connectivity index (χ1v) is 14.0. The molecule has 1 saturated carbocycles. The molecular weight excluding hydrogens is 524 g/mol. The van der Waals surface area contributed by atoms with Gasteiger partial charge < -0.3 is 24.8 Å². The summed E-state index contributed by atoms with van der Waals surface area (Å²) in [6.45, 7) is 14.6. The van der Waals surface area contributed by atoms with Crippen LogP contribution in [0.4, 0.5) is 0 Å². The summed E-state index contributed by atoms with van der Waals surface area (Å²) < 4.78 is 13.5. The van der Waals surface area contributed by atoms with E-state index in [4.69, 9.17) is 9.47 Å². The molecule has 2 unspecified atom stereocenters. The topological polar surface area (TPSA) is 130 Å². The number of carbonyl (C=O) groups is 3. The van der Waals surface area contributed by atoms with Gasteiger partial charge in [-0.3, -0.25) is 14.4 Å². The summed E-state index contributed by atoms with van der Waals surface area (Å²) in [4.78, 5) is 40.0. The number of ether oxygens (including phenoxy) is 2. The summed E-state index contributed by atoms with van der Waals surface area (Å²) in [5, 5.41) is 33.5. The van der Waals surface area contributed by atoms with Gasteiger partial charge in [0.05, 0.1) is 11.7 Å². The molecule has 1 saturated heterocycles. The van der Waals surface area contributed by atoms with Gasteiger partial charge in [-0.1, -0.05) is 36.0 Å². The molecule has 0 amide bonds. The molecular formula is C33H38O8. The van der Waals surface area contributed by atoms with Gasteiger partial charge in [-0.05, 0) is 60.0 Å². The van der Waals surface area contributed by atoms with Crippen molar-refractivity contribution in [2.75, 3.05) is 0 Å². The first-order chi connectivity index (χ1) is 19.1. The quantitative estimate of drug-likeness (QED) is 0.238. The minimum atomic E-state index is -1.58. The van der Waals surface area contributed by atoms with Crippen LogP contribution in [0.2, 0.25) is 0 Å². The number of aldehydes is 1. The fourth-order valence-electron chi connectivity index (χ4n) is 7.17. The van der Waals surface area contributed by atoms with Crippen molar-refractivity contribution in [3.05, 3.63) is 63.8 Å². The van der Waals surface area contributed by atoms with Gasteiger partial charge in [0.25, 0.3) is 0 Å². The summed E-state index contributed by atoms with van der Waals surface area (Å²) in [5.41, 5.74) is -1.71. The molecule has 5 atom stereocenters. The highest BCUT2D eigenvalue weighted by Gasteiger charge is 2.81. The van der Waals surface area contributed by atoms with Gasteiger partial charge in [-0.15, -0.1) is 0 Å². The molecule has 4 bridgehead atoms. The molecule has 2 heterocycles. The standard InChI is InChI=1S/C33H38O8/c1-16(2)8-9-20-26(36)21(14-23(35)17(3)4)27(37)25-28(38)22-12-19-13-24-31(6,7)41-32(30(19)39,11-10-18(5)15-34)33(22,24)40-29(20)25/h8,10,12,15,19,23-24,35-37H,3,9,11,13-14H2,1-2,4-7H3/b18-10+/t19-,23?,24?,32-,33+/m1/s1. The summed E-state index contributed by atoms with van der Waals surface area (Å²) in [7, 11) is 0. The van der Waals surface area contributed by atoms with Crippen LogP contribution in [0, 0.1) is 11.8 Å². The average Bonchev–Trinajstić information content (AvgIpc) is 3.06. The van der Waals surface area contributed by atoms with Gasteiger partial charge >= 0.3 is 0 Å². The minimum Gasteiger partial charge on any atom is -0.507 e. The Balaban J connectivity index is 1.81. The number of ketones is 2. The molecule has 6 rings (SSSR count). The first kappa shape index (κ1) is 29.0. The van der Waals surface area contributed by atoms with Crippen molar-refractivity contribution in [1.29, 1.82) is 0 Å². The Labute approximate surface area is 240 Å². The Morgan fingerprint density at radius 1 is 1.12 bits per heavy atom. The third-order valence-corrected chi connectivity index (χ3v) is 9.27. The molecule has 8 nitrogen and oxygen atoms in total. The highest BCUT2D eigenvalue weighted by atomic mass is 16.6. The number of aromatic hydroxyl groups is 2. The minimum absolute atomic E-state index is 0.00753.